The summed E-state index contributed by atoms with van der Waals surface area (Å²) in [5.74, 6) is -1.54. The number of benzene rings is 2. The van der Waals surface area contributed by atoms with Crippen LogP contribution in [0.4, 0.5) is 4.39 Å². The van der Waals surface area contributed by atoms with E-state index in [0.29, 0.717) is 0 Å². The highest BCUT2D eigenvalue weighted by Gasteiger charge is 2.29. The fraction of sp³-hybridized carbons (Fsp3) is 0.379. The van der Waals surface area contributed by atoms with E-state index in [-0.39, 0.29) is 24.3 Å². The lowest BCUT2D eigenvalue weighted by molar-refractivity contribution is -0.138. The summed E-state index contributed by atoms with van der Waals surface area (Å²) >= 11 is 0. The largest absolute Gasteiger partial charge is 0.481 e. The lowest BCUT2D eigenvalue weighted by Gasteiger charge is -2.24. The number of aromatic nitrogens is 1. The summed E-state index contributed by atoms with van der Waals surface area (Å²) in [6.45, 7) is 4.06. The van der Waals surface area contributed by atoms with Gasteiger partial charge in [-0.1, -0.05) is 50.2 Å². The summed E-state index contributed by atoms with van der Waals surface area (Å²) in [7, 11) is -3.83. The fourth-order valence-electron chi connectivity index (χ4n) is 5.24. The normalized spacial score (nSPS) is 15.4. The summed E-state index contributed by atoms with van der Waals surface area (Å²) in [6, 6.07) is 14.6. The molecule has 0 radical (unpaired) electrons. The van der Waals surface area contributed by atoms with Crippen molar-refractivity contribution in [3.63, 3.8) is 0 Å². The third-order valence-corrected chi connectivity index (χ3v) is 8.79. The van der Waals surface area contributed by atoms with E-state index in [9.17, 15) is 23.7 Å². The zero-order valence-electron chi connectivity index (χ0n) is 21.2. The molecule has 0 fully saturated rings. The summed E-state index contributed by atoms with van der Waals surface area (Å²) in [4.78, 5) is 26.7. The van der Waals surface area contributed by atoms with Crippen molar-refractivity contribution in [2.24, 2.45) is 0 Å². The molecule has 0 saturated heterocycles. The molecule has 196 valence electrons. The van der Waals surface area contributed by atoms with Crippen LogP contribution >= 0.6 is 7.37 Å². The van der Waals surface area contributed by atoms with Crippen molar-refractivity contribution in [1.29, 1.82) is 0 Å². The Labute approximate surface area is 216 Å². The minimum absolute atomic E-state index is 0.0191. The number of carboxylic acids is 1. The summed E-state index contributed by atoms with van der Waals surface area (Å²) < 4.78 is 26.9. The second-order valence-corrected chi connectivity index (χ2v) is 12.6. The number of aryl methyl sites for hydroxylation is 1. The van der Waals surface area contributed by atoms with Crippen LogP contribution < -0.4 is 0 Å². The Kier molecular flexibility index (Phi) is 8.27. The van der Waals surface area contributed by atoms with Crippen LogP contribution in [0.3, 0.4) is 0 Å². The molecular formula is C29H33FNO5P. The molecule has 4 rings (SSSR count). The predicted octanol–water partition coefficient (Wildman–Crippen LogP) is 5.82. The molecule has 37 heavy (non-hydrogen) atoms. The lowest BCUT2D eigenvalue weighted by Crippen LogP contribution is -2.19. The van der Waals surface area contributed by atoms with E-state index in [0.717, 1.165) is 58.5 Å². The molecule has 3 N–H and O–H groups in total. The molecule has 1 aliphatic carbocycles. The van der Waals surface area contributed by atoms with Gasteiger partial charge < -0.3 is 15.1 Å². The van der Waals surface area contributed by atoms with Crippen LogP contribution in [0.5, 0.6) is 0 Å². The Bertz CT molecular complexity index is 1340. The van der Waals surface area contributed by atoms with Crippen molar-refractivity contribution >= 4 is 13.3 Å². The van der Waals surface area contributed by atoms with Crippen molar-refractivity contribution in [1.82, 2.24) is 4.98 Å². The van der Waals surface area contributed by atoms with E-state index in [1.54, 1.807) is 12.1 Å². The average Bonchev–Trinajstić information content (AvgIpc) is 3.01. The molecule has 2 atom stereocenters. The second kappa shape index (κ2) is 11.3. The van der Waals surface area contributed by atoms with Crippen LogP contribution in [0.2, 0.25) is 0 Å². The highest BCUT2D eigenvalue weighted by atomic mass is 31.2. The van der Waals surface area contributed by atoms with Gasteiger partial charge in [0.15, 0.2) is 0 Å². The third-order valence-electron chi connectivity index (χ3n) is 6.87. The van der Waals surface area contributed by atoms with Crippen LogP contribution in [-0.4, -0.2) is 44.5 Å². The number of aliphatic hydroxyl groups is 1. The van der Waals surface area contributed by atoms with Gasteiger partial charge in [-0.15, -0.1) is 0 Å². The van der Waals surface area contributed by atoms with E-state index in [1.807, 2.05) is 26.0 Å². The second-order valence-electron chi connectivity index (χ2n) is 10.1. The Morgan fingerprint density at radius 2 is 1.81 bits per heavy atom. The number of halogens is 1. The topological polar surface area (TPSA) is 108 Å². The monoisotopic (exact) mass is 525 g/mol. The molecule has 6 nitrogen and oxygen atoms in total. The number of aliphatic carboxylic acids is 1. The Hall–Kier alpha value is -2.86. The first-order valence-electron chi connectivity index (χ1n) is 12.7. The number of carboxylic acid groups (broad SMARTS) is 1. The molecule has 3 aromatic rings. The number of hydrogen-bond donors (Lipinski definition) is 3. The van der Waals surface area contributed by atoms with Crippen molar-refractivity contribution in [2.75, 3.05) is 12.3 Å². The molecule has 1 heterocycles. The van der Waals surface area contributed by atoms with Crippen molar-refractivity contribution < 1.29 is 28.9 Å². The molecule has 0 saturated carbocycles. The van der Waals surface area contributed by atoms with Crippen molar-refractivity contribution in [3.8, 4) is 22.4 Å². The quantitative estimate of drug-likeness (QED) is 0.304. The maximum absolute atomic E-state index is 13.9. The lowest BCUT2D eigenvalue weighted by atomic mass is 9.86. The SMILES string of the molecule is CC(C)c1nc2c(c(-c3ccc(F)cc3)c1CCP(=O)(O)C[C@@H](O)CC(=O)O)CCCc1ccccc1-2. The number of aliphatic hydroxyl groups excluding tert-OH is 1. The van der Waals surface area contributed by atoms with E-state index >= 15 is 0 Å². The van der Waals surface area contributed by atoms with Gasteiger partial charge in [-0.05, 0) is 71.6 Å². The summed E-state index contributed by atoms with van der Waals surface area (Å²) in [5.41, 5.74) is 7.69. The van der Waals surface area contributed by atoms with Crippen LogP contribution in [0, 0.1) is 5.82 Å². The molecule has 1 aromatic heterocycles. The van der Waals surface area contributed by atoms with Crippen LogP contribution in [0.1, 0.15) is 55.0 Å². The first-order chi connectivity index (χ1) is 17.6. The third kappa shape index (κ3) is 6.35. The first-order valence-corrected chi connectivity index (χ1v) is 14.7. The first kappa shape index (κ1) is 27.2. The molecule has 0 spiro atoms. The Balaban J connectivity index is 1.86. The van der Waals surface area contributed by atoms with Crippen molar-refractivity contribution in [3.05, 3.63) is 76.7 Å². The van der Waals surface area contributed by atoms with Crippen LogP contribution in [0.25, 0.3) is 22.4 Å². The highest BCUT2D eigenvalue weighted by molar-refractivity contribution is 7.58. The highest BCUT2D eigenvalue weighted by Crippen LogP contribution is 2.46. The van der Waals surface area contributed by atoms with Gasteiger partial charge in [0.1, 0.15) is 5.82 Å². The zero-order valence-corrected chi connectivity index (χ0v) is 22.0. The molecule has 0 aliphatic heterocycles. The van der Waals surface area contributed by atoms with E-state index in [4.69, 9.17) is 10.1 Å². The Morgan fingerprint density at radius 1 is 1.11 bits per heavy atom. The Morgan fingerprint density at radius 3 is 2.49 bits per heavy atom. The van der Waals surface area contributed by atoms with E-state index in [2.05, 4.69) is 12.1 Å². The number of hydrogen-bond acceptors (Lipinski definition) is 4. The van der Waals surface area contributed by atoms with E-state index < -0.39 is 32.0 Å². The van der Waals surface area contributed by atoms with Crippen LogP contribution in [-0.2, 0) is 28.6 Å². The average molecular weight is 526 g/mol. The van der Waals surface area contributed by atoms with Crippen LogP contribution in [0.15, 0.2) is 48.5 Å². The maximum Gasteiger partial charge on any atom is 0.305 e. The molecule has 0 amide bonds. The smallest absolute Gasteiger partial charge is 0.305 e. The van der Waals surface area contributed by atoms with Gasteiger partial charge in [0.05, 0.1) is 24.4 Å². The fourth-order valence-corrected chi connectivity index (χ4v) is 6.79. The van der Waals surface area contributed by atoms with Gasteiger partial charge in [0, 0.05) is 17.4 Å². The van der Waals surface area contributed by atoms with Gasteiger partial charge in [-0.25, -0.2) is 4.39 Å². The number of rotatable bonds is 9. The number of carbonyl (C=O) groups is 1. The van der Waals surface area contributed by atoms with Gasteiger partial charge in [0.2, 0.25) is 7.37 Å². The van der Waals surface area contributed by atoms with Gasteiger partial charge in [-0.3, -0.25) is 14.3 Å². The minimum atomic E-state index is -3.83. The zero-order chi connectivity index (χ0) is 26.7. The van der Waals surface area contributed by atoms with Gasteiger partial charge in [-0.2, -0.15) is 0 Å². The minimum Gasteiger partial charge on any atom is -0.481 e. The molecule has 1 unspecified atom stereocenters. The van der Waals surface area contributed by atoms with Crippen molar-refractivity contribution in [2.45, 2.75) is 58.0 Å². The van der Waals surface area contributed by atoms with E-state index in [1.165, 1.54) is 17.7 Å². The maximum atomic E-state index is 13.9. The standard InChI is InChI=1S/C29H33FNO5P/c1-18(2)28-25(14-15-37(35,36)17-22(32)16-26(33)34)27(20-10-12-21(30)13-11-20)24-9-5-7-19-6-3-4-8-23(19)29(24)31-28/h3-4,6,8,10-13,18,22,32H,5,7,9,14-17H2,1-2H3,(H,33,34)(H,35,36)/t22-/m0/s1. The molecule has 2 aromatic carbocycles. The van der Waals surface area contributed by atoms with Gasteiger partial charge >= 0.3 is 5.97 Å². The molecule has 0 bridgehead atoms. The number of nitrogens with zero attached hydrogens (tertiary/aromatic N) is 1. The number of fused-ring (bicyclic) bond motifs is 3. The summed E-state index contributed by atoms with van der Waals surface area (Å²) in [5, 5.41) is 18.9. The van der Waals surface area contributed by atoms with Gasteiger partial charge in [0.25, 0.3) is 0 Å². The molecule has 1 aliphatic rings. The molecule has 8 heteroatoms. The predicted molar refractivity (Wildman–Crippen MR) is 143 cm³/mol. The molecular weight excluding hydrogens is 492 g/mol. The summed E-state index contributed by atoms with van der Waals surface area (Å²) in [6.07, 6.45) is 0.260. The number of pyridine rings is 1.